The number of aliphatic hydroxyl groups is 1. The van der Waals surface area contributed by atoms with E-state index < -0.39 is 17.7 Å². The summed E-state index contributed by atoms with van der Waals surface area (Å²) in [6.45, 7) is 2.19. The van der Waals surface area contributed by atoms with Crippen molar-refractivity contribution in [3.8, 4) is 0 Å². The van der Waals surface area contributed by atoms with Gasteiger partial charge in [0.25, 0.3) is 0 Å². The molecular formula is C17H26F2O. The van der Waals surface area contributed by atoms with Crippen LogP contribution in [0.1, 0.15) is 63.9 Å². The maximum Gasteiger partial charge on any atom is 0.129 e. The van der Waals surface area contributed by atoms with E-state index in [9.17, 15) is 13.9 Å². The third-order valence-corrected chi connectivity index (χ3v) is 3.64. The highest BCUT2D eigenvalue weighted by Crippen LogP contribution is 2.17. The van der Waals surface area contributed by atoms with Crippen LogP contribution in [0.15, 0.2) is 18.2 Å². The van der Waals surface area contributed by atoms with Crippen molar-refractivity contribution in [2.75, 3.05) is 0 Å². The van der Waals surface area contributed by atoms with E-state index in [1.165, 1.54) is 50.3 Å². The summed E-state index contributed by atoms with van der Waals surface area (Å²) in [6.07, 6.45) is 8.26. The average molecular weight is 284 g/mol. The molecule has 1 unspecified atom stereocenters. The maximum atomic E-state index is 13.4. The van der Waals surface area contributed by atoms with Crippen LogP contribution in [0.25, 0.3) is 0 Å². The van der Waals surface area contributed by atoms with E-state index in [4.69, 9.17) is 0 Å². The lowest BCUT2D eigenvalue weighted by Crippen LogP contribution is -2.12. The normalized spacial score (nSPS) is 12.6. The van der Waals surface area contributed by atoms with Crippen molar-refractivity contribution in [3.05, 3.63) is 35.4 Å². The minimum atomic E-state index is -0.656. The number of hydrogen-bond donors (Lipinski definition) is 1. The molecule has 1 aromatic carbocycles. The predicted molar refractivity (Wildman–Crippen MR) is 78.7 cm³/mol. The Morgan fingerprint density at radius 2 is 1.50 bits per heavy atom. The maximum absolute atomic E-state index is 13.4. The summed E-state index contributed by atoms with van der Waals surface area (Å²) in [7, 11) is 0. The second kappa shape index (κ2) is 9.87. The summed E-state index contributed by atoms with van der Waals surface area (Å²) in [6, 6.07) is 3.81. The number of aliphatic hydroxyl groups excluding tert-OH is 1. The molecule has 1 atom stereocenters. The standard InChI is InChI=1S/C17H26F2O/c1-2-3-4-5-6-7-8-10-14(20)13-15-16(18)11-9-12-17(15)19/h9,11-12,14,20H,2-8,10,13H2,1H3. The quantitative estimate of drug-likeness (QED) is 0.599. The first-order chi connectivity index (χ1) is 9.65. The van der Waals surface area contributed by atoms with Crippen LogP contribution >= 0.6 is 0 Å². The van der Waals surface area contributed by atoms with Crippen molar-refractivity contribution >= 4 is 0 Å². The molecule has 0 fully saturated rings. The zero-order chi connectivity index (χ0) is 14.8. The van der Waals surface area contributed by atoms with Gasteiger partial charge in [-0.05, 0) is 18.6 Å². The van der Waals surface area contributed by atoms with Crippen LogP contribution in [0.5, 0.6) is 0 Å². The lowest BCUT2D eigenvalue weighted by Gasteiger charge is -2.11. The molecule has 0 bridgehead atoms. The third-order valence-electron chi connectivity index (χ3n) is 3.64. The van der Waals surface area contributed by atoms with Gasteiger partial charge in [0.15, 0.2) is 0 Å². The van der Waals surface area contributed by atoms with Crippen LogP contribution in [0.2, 0.25) is 0 Å². The van der Waals surface area contributed by atoms with Crippen molar-refractivity contribution in [3.63, 3.8) is 0 Å². The highest BCUT2D eigenvalue weighted by Gasteiger charge is 2.13. The van der Waals surface area contributed by atoms with Gasteiger partial charge in [0, 0.05) is 12.0 Å². The SMILES string of the molecule is CCCCCCCCCC(O)Cc1c(F)cccc1F. The second-order valence-corrected chi connectivity index (χ2v) is 5.47. The van der Waals surface area contributed by atoms with Crippen LogP contribution in [0.4, 0.5) is 8.78 Å². The topological polar surface area (TPSA) is 20.2 Å². The first-order valence-corrected chi connectivity index (χ1v) is 7.76. The van der Waals surface area contributed by atoms with Crippen molar-refractivity contribution in [2.45, 2.75) is 70.8 Å². The predicted octanol–water partition coefficient (Wildman–Crippen LogP) is 5.01. The molecular weight excluding hydrogens is 258 g/mol. The van der Waals surface area contributed by atoms with Gasteiger partial charge in [-0.1, -0.05) is 57.9 Å². The smallest absolute Gasteiger partial charge is 0.129 e. The van der Waals surface area contributed by atoms with Crippen molar-refractivity contribution < 1.29 is 13.9 Å². The summed E-state index contributed by atoms with van der Waals surface area (Å²) in [4.78, 5) is 0. The zero-order valence-corrected chi connectivity index (χ0v) is 12.4. The number of halogens is 2. The Labute approximate surface area is 121 Å². The van der Waals surface area contributed by atoms with Gasteiger partial charge < -0.3 is 5.11 Å². The van der Waals surface area contributed by atoms with Gasteiger partial charge in [-0.3, -0.25) is 0 Å². The molecule has 0 aromatic heterocycles. The molecule has 0 aliphatic heterocycles. The highest BCUT2D eigenvalue weighted by atomic mass is 19.1. The molecule has 1 nitrogen and oxygen atoms in total. The molecule has 0 saturated carbocycles. The third kappa shape index (κ3) is 6.47. The number of hydrogen-bond acceptors (Lipinski definition) is 1. The van der Waals surface area contributed by atoms with Crippen molar-refractivity contribution in [1.29, 1.82) is 0 Å². The minimum absolute atomic E-state index is 0.00273. The van der Waals surface area contributed by atoms with E-state index in [0.29, 0.717) is 6.42 Å². The van der Waals surface area contributed by atoms with E-state index in [-0.39, 0.29) is 12.0 Å². The second-order valence-electron chi connectivity index (χ2n) is 5.47. The average Bonchev–Trinajstić information content (AvgIpc) is 2.42. The molecule has 0 radical (unpaired) electrons. The van der Waals surface area contributed by atoms with Crippen molar-refractivity contribution in [1.82, 2.24) is 0 Å². The summed E-state index contributed by atoms with van der Waals surface area (Å²) in [5, 5.41) is 9.86. The summed E-state index contributed by atoms with van der Waals surface area (Å²) >= 11 is 0. The van der Waals surface area contributed by atoms with Crippen LogP contribution < -0.4 is 0 Å². The van der Waals surface area contributed by atoms with Crippen molar-refractivity contribution in [2.24, 2.45) is 0 Å². The Morgan fingerprint density at radius 1 is 0.950 bits per heavy atom. The molecule has 20 heavy (non-hydrogen) atoms. The van der Waals surface area contributed by atoms with Gasteiger partial charge in [0.2, 0.25) is 0 Å². The molecule has 0 aliphatic rings. The monoisotopic (exact) mass is 284 g/mol. The zero-order valence-electron chi connectivity index (χ0n) is 12.4. The van der Waals surface area contributed by atoms with Crippen LogP contribution in [0.3, 0.4) is 0 Å². The number of unbranched alkanes of at least 4 members (excludes halogenated alkanes) is 6. The first kappa shape index (κ1) is 17.1. The Balaban J connectivity index is 2.19. The van der Waals surface area contributed by atoms with Crippen LogP contribution in [0, 0.1) is 11.6 Å². The van der Waals surface area contributed by atoms with Crippen LogP contribution in [-0.4, -0.2) is 11.2 Å². The lowest BCUT2D eigenvalue weighted by atomic mass is 10.0. The summed E-state index contributed by atoms with van der Waals surface area (Å²) in [5.41, 5.74) is 0.00273. The first-order valence-electron chi connectivity index (χ1n) is 7.76. The highest BCUT2D eigenvalue weighted by molar-refractivity contribution is 5.20. The van der Waals surface area contributed by atoms with E-state index in [2.05, 4.69) is 6.92 Å². The largest absolute Gasteiger partial charge is 0.393 e. The van der Waals surface area contributed by atoms with E-state index >= 15 is 0 Å². The van der Waals surface area contributed by atoms with Gasteiger partial charge in [-0.2, -0.15) is 0 Å². The van der Waals surface area contributed by atoms with Gasteiger partial charge in [0.1, 0.15) is 11.6 Å². The molecule has 0 saturated heterocycles. The van der Waals surface area contributed by atoms with E-state index in [1.807, 2.05) is 0 Å². The fourth-order valence-electron chi connectivity index (χ4n) is 2.40. The van der Waals surface area contributed by atoms with Gasteiger partial charge >= 0.3 is 0 Å². The Kier molecular flexibility index (Phi) is 8.43. The van der Waals surface area contributed by atoms with E-state index in [1.54, 1.807) is 0 Å². The molecule has 0 heterocycles. The fraction of sp³-hybridized carbons (Fsp3) is 0.647. The van der Waals surface area contributed by atoms with E-state index in [0.717, 1.165) is 12.8 Å². The molecule has 1 rings (SSSR count). The number of rotatable bonds is 10. The Hall–Kier alpha value is -0.960. The Morgan fingerprint density at radius 3 is 2.10 bits per heavy atom. The summed E-state index contributed by atoms with van der Waals surface area (Å²) in [5.74, 6) is -1.13. The van der Waals surface area contributed by atoms with Gasteiger partial charge in [0.05, 0.1) is 6.10 Å². The fourth-order valence-corrected chi connectivity index (χ4v) is 2.40. The number of benzene rings is 1. The molecule has 1 N–H and O–H groups in total. The molecule has 0 aliphatic carbocycles. The van der Waals surface area contributed by atoms with Gasteiger partial charge in [-0.25, -0.2) is 8.78 Å². The molecule has 1 aromatic rings. The molecule has 0 spiro atoms. The van der Waals surface area contributed by atoms with Crippen LogP contribution in [-0.2, 0) is 6.42 Å². The molecule has 0 amide bonds. The lowest BCUT2D eigenvalue weighted by molar-refractivity contribution is 0.158. The van der Waals surface area contributed by atoms with Gasteiger partial charge in [-0.15, -0.1) is 0 Å². The molecule has 114 valence electrons. The summed E-state index contributed by atoms with van der Waals surface area (Å²) < 4.78 is 26.8. The Bertz CT molecular complexity index is 359. The minimum Gasteiger partial charge on any atom is -0.393 e. The molecule has 3 heteroatoms.